The van der Waals surface area contributed by atoms with Gasteiger partial charge in [-0.2, -0.15) is 13.5 Å². The maximum absolute atomic E-state index is 12.4. The van der Waals surface area contributed by atoms with Crippen molar-refractivity contribution in [2.75, 3.05) is 12.4 Å². The Bertz CT molecular complexity index is 917. The van der Waals surface area contributed by atoms with Crippen LogP contribution in [0.1, 0.15) is 5.56 Å². The number of aromatic nitrogens is 3. The number of anilines is 1. The van der Waals surface area contributed by atoms with E-state index in [4.69, 9.17) is 0 Å². The molecule has 0 aromatic carbocycles. The van der Waals surface area contributed by atoms with Gasteiger partial charge in [-0.1, -0.05) is 6.07 Å². The van der Waals surface area contributed by atoms with Crippen molar-refractivity contribution in [3.05, 3.63) is 41.9 Å². The molecule has 1 aliphatic rings. The lowest BCUT2D eigenvalue weighted by Crippen LogP contribution is -2.37. The van der Waals surface area contributed by atoms with Crippen molar-refractivity contribution >= 4 is 27.5 Å². The normalized spacial score (nSPS) is 16.2. The van der Waals surface area contributed by atoms with Gasteiger partial charge >= 0.3 is 0 Å². The Morgan fingerprint density at radius 1 is 1.30 bits per heavy atom. The first kappa shape index (κ1) is 15.0. The minimum Gasteiger partial charge on any atom is -0.505 e. The number of nitrogens with one attached hydrogen (secondary N) is 1. The number of likely N-dealkylation sites (N-methyl/N-ethyl adjacent to an activating group) is 1. The topological polar surface area (TPSA) is 117 Å². The fourth-order valence-corrected chi connectivity index (χ4v) is 3.54. The summed E-state index contributed by atoms with van der Waals surface area (Å²) in [4.78, 5) is 16.3. The first-order valence-electron chi connectivity index (χ1n) is 6.51. The van der Waals surface area contributed by atoms with Crippen molar-refractivity contribution in [2.24, 2.45) is 7.05 Å². The van der Waals surface area contributed by atoms with Crippen LogP contribution in [0.5, 0.6) is 0 Å². The molecular weight excluding hydrogens is 322 g/mol. The second kappa shape index (κ2) is 5.09. The zero-order valence-electron chi connectivity index (χ0n) is 12.3. The van der Waals surface area contributed by atoms with Gasteiger partial charge in [0.05, 0.1) is 5.56 Å². The van der Waals surface area contributed by atoms with Crippen LogP contribution in [0.15, 0.2) is 41.3 Å². The molecule has 0 saturated heterocycles. The molecule has 23 heavy (non-hydrogen) atoms. The van der Waals surface area contributed by atoms with Gasteiger partial charge in [0.1, 0.15) is 5.82 Å². The quantitative estimate of drug-likeness (QED) is 0.816. The SMILES string of the molecule is CN1C(C(=O)Nc2ccccn2)=C(O)c2cn(C)nc2S1(=O)=O. The third-order valence-electron chi connectivity index (χ3n) is 3.32. The average molecular weight is 335 g/mol. The Morgan fingerprint density at radius 3 is 2.70 bits per heavy atom. The molecule has 0 aliphatic carbocycles. The molecule has 2 aromatic heterocycles. The summed E-state index contributed by atoms with van der Waals surface area (Å²) in [5.41, 5.74) is -0.409. The number of nitrogens with zero attached hydrogens (tertiary/aromatic N) is 4. The van der Waals surface area contributed by atoms with Crippen molar-refractivity contribution in [3.63, 3.8) is 0 Å². The molecule has 0 unspecified atom stereocenters. The number of sulfonamides is 1. The molecule has 10 heteroatoms. The van der Waals surface area contributed by atoms with E-state index in [1.54, 1.807) is 18.2 Å². The number of amides is 1. The van der Waals surface area contributed by atoms with Crippen LogP contribution in [0.3, 0.4) is 0 Å². The van der Waals surface area contributed by atoms with Crippen molar-refractivity contribution < 1.29 is 18.3 Å². The van der Waals surface area contributed by atoms with Crippen molar-refractivity contribution in [2.45, 2.75) is 5.03 Å². The molecule has 9 nitrogen and oxygen atoms in total. The van der Waals surface area contributed by atoms with Gasteiger partial charge < -0.3 is 10.4 Å². The number of aliphatic hydroxyl groups excluding tert-OH is 1. The largest absolute Gasteiger partial charge is 0.505 e. The van der Waals surface area contributed by atoms with Crippen LogP contribution in [0, 0.1) is 0 Å². The van der Waals surface area contributed by atoms with Gasteiger partial charge in [0.15, 0.2) is 11.5 Å². The van der Waals surface area contributed by atoms with E-state index in [1.165, 1.54) is 31.2 Å². The maximum Gasteiger partial charge on any atom is 0.284 e. The molecule has 120 valence electrons. The first-order chi connectivity index (χ1) is 10.8. The molecule has 3 heterocycles. The molecule has 0 spiro atoms. The zero-order valence-corrected chi connectivity index (χ0v) is 13.1. The van der Waals surface area contributed by atoms with Crippen molar-refractivity contribution in [1.29, 1.82) is 0 Å². The molecule has 2 N–H and O–H groups in total. The summed E-state index contributed by atoms with van der Waals surface area (Å²) in [6, 6.07) is 4.88. The van der Waals surface area contributed by atoms with Crippen molar-refractivity contribution in [1.82, 2.24) is 19.1 Å². The van der Waals surface area contributed by atoms with E-state index in [-0.39, 0.29) is 16.4 Å². The fourth-order valence-electron chi connectivity index (χ4n) is 2.21. The lowest BCUT2D eigenvalue weighted by Gasteiger charge is -2.25. The van der Waals surface area contributed by atoms with Crippen molar-refractivity contribution in [3.8, 4) is 0 Å². The summed E-state index contributed by atoms with van der Waals surface area (Å²) in [6.07, 6.45) is 2.81. The molecule has 0 radical (unpaired) electrons. The number of rotatable bonds is 2. The number of aryl methyl sites for hydroxylation is 1. The van der Waals surface area contributed by atoms with Crippen LogP contribution < -0.4 is 5.32 Å². The van der Waals surface area contributed by atoms with Gasteiger partial charge in [0.25, 0.3) is 15.9 Å². The summed E-state index contributed by atoms with van der Waals surface area (Å²) in [5, 5.41) is 16.3. The maximum atomic E-state index is 12.4. The number of carbonyl (C=O) groups excluding carboxylic acids is 1. The van der Waals surface area contributed by atoms with Gasteiger partial charge in [-0.15, -0.1) is 0 Å². The van der Waals surface area contributed by atoms with E-state index in [2.05, 4.69) is 15.4 Å². The van der Waals surface area contributed by atoms with Gasteiger partial charge in [-0.05, 0) is 12.1 Å². The summed E-state index contributed by atoms with van der Waals surface area (Å²) in [7, 11) is -1.32. The smallest absolute Gasteiger partial charge is 0.284 e. The van der Waals surface area contributed by atoms with E-state index in [0.29, 0.717) is 4.31 Å². The summed E-state index contributed by atoms with van der Waals surface area (Å²) >= 11 is 0. The molecule has 3 rings (SSSR count). The summed E-state index contributed by atoms with van der Waals surface area (Å²) in [5.74, 6) is -1.01. The van der Waals surface area contributed by atoms with Crippen LogP contribution in [-0.2, 0) is 21.9 Å². The number of aliphatic hydroxyl groups is 1. The van der Waals surface area contributed by atoms with Gasteiger partial charge in [0, 0.05) is 26.5 Å². The van der Waals surface area contributed by atoms with E-state index < -0.39 is 27.4 Å². The predicted molar refractivity (Wildman–Crippen MR) is 80.6 cm³/mol. The second-order valence-electron chi connectivity index (χ2n) is 4.86. The molecule has 0 atom stereocenters. The number of carbonyl (C=O) groups is 1. The fraction of sp³-hybridized carbons (Fsp3) is 0.154. The van der Waals surface area contributed by atoms with Gasteiger partial charge in [-0.3, -0.25) is 13.8 Å². The number of hydrogen-bond donors (Lipinski definition) is 2. The summed E-state index contributed by atoms with van der Waals surface area (Å²) < 4.78 is 26.8. The third-order valence-corrected chi connectivity index (χ3v) is 5.01. The molecule has 0 fully saturated rings. The van der Waals surface area contributed by atoms with Gasteiger partial charge in [0.2, 0.25) is 5.03 Å². The van der Waals surface area contributed by atoms with Crippen LogP contribution >= 0.6 is 0 Å². The predicted octanol–water partition coefficient (Wildman–Crippen LogP) is 0.314. The lowest BCUT2D eigenvalue weighted by atomic mass is 10.2. The number of pyridine rings is 1. The van der Waals surface area contributed by atoms with E-state index in [9.17, 15) is 18.3 Å². The van der Waals surface area contributed by atoms with Crippen LogP contribution in [0.2, 0.25) is 0 Å². The Morgan fingerprint density at radius 2 is 2.04 bits per heavy atom. The standard InChI is InChI=1S/C13H13N5O4S/c1-17-7-8-11(19)10(18(2)23(21,22)13(8)16-17)12(20)15-9-5-3-4-6-14-9/h3-7,19H,1-2H3,(H,14,15,20). The Labute approximate surface area is 131 Å². The van der Waals surface area contributed by atoms with E-state index >= 15 is 0 Å². The molecule has 0 saturated carbocycles. The molecule has 2 aromatic rings. The summed E-state index contributed by atoms with van der Waals surface area (Å²) in [6.45, 7) is 0. The average Bonchev–Trinajstić information content (AvgIpc) is 2.90. The Kier molecular flexibility index (Phi) is 3.33. The first-order valence-corrected chi connectivity index (χ1v) is 7.95. The number of fused-ring (bicyclic) bond motifs is 1. The van der Waals surface area contributed by atoms with E-state index in [1.807, 2.05) is 0 Å². The second-order valence-corrected chi connectivity index (χ2v) is 6.74. The minimum absolute atomic E-state index is 0.0169. The lowest BCUT2D eigenvalue weighted by molar-refractivity contribution is -0.113. The number of hydrogen-bond acceptors (Lipinski definition) is 6. The van der Waals surface area contributed by atoms with Crippen LogP contribution in [0.4, 0.5) is 5.82 Å². The highest BCUT2D eigenvalue weighted by molar-refractivity contribution is 7.89. The van der Waals surface area contributed by atoms with Crippen LogP contribution in [-0.4, -0.2) is 45.5 Å². The highest BCUT2D eigenvalue weighted by Crippen LogP contribution is 2.33. The third kappa shape index (κ3) is 2.32. The Balaban J connectivity index is 2.09. The highest BCUT2D eigenvalue weighted by atomic mass is 32.2. The molecular formula is C13H13N5O4S. The Hall–Kier alpha value is -2.88. The minimum atomic E-state index is -4.02. The highest BCUT2D eigenvalue weighted by Gasteiger charge is 2.40. The molecule has 0 bridgehead atoms. The van der Waals surface area contributed by atoms with Crippen LogP contribution in [0.25, 0.3) is 5.76 Å². The van der Waals surface area contributed by atoms with Gasteiger partial charge in [-0.25, -0.2) is 4.98 Å². The zero-order chi connectivity index (χ0) is 16.8. The molecule has 1 aliphatic heterocycles. The van der Waals surface area contributed by atoms with E-state index in [0.717, 1.165) is 0 Å². The monoisotopic (exact) mass is 335 g/mol. The molecule has 1 amide bonds.